The number of carbonyl (C=O) groups is 2. The quantitative estimate of drug-likeness (QED) is 0.262. The van der Waals surface area contributed by atoms with Crippen molar-refractivity contribution in [2.24, 2.45) is 17.8 Å². The Kier molecular flexibility index (Phi) is 8.65. The van der Waals surface area contributed by atoms with E-state index in [9.17, 15) is 14.7 Å². The zero-order chi connectivity index (χ0) is 25.9. The highest BCUT2D eigenvalue weighted by molar-refractivity contribution is 9.10. The van der Waals surface area contributed by atoms with Crippen molar-refractivity contribution in [3.8, 4) is 11.5 Å². The molecule has 0 radical (unpaired) electrons. The number of ketones is 1. The summed E-state index contributed by atoms with van der Waals surface area (Å²) in [5.74, 6) is 0.857. The SMILES string of the molecule is CC(C)COc1ccc(C(=O)c2ccc3c(c2)c(Br)c(C(=O)O)n3CC(C)C)c(OCC(C)C)c1. The fraction of sp³-hybridized carbons (Fsp3) is 0.429. The minimum absolute atomic E-state index is 0.186. The van der Waals surface area contributed by atoms with Crippen molar-refractivity contribution < 1.29 is 24.2 Å². The molecule has 0 aliphatic carbocycles. The van der Waals surface area contributed by atoms with E-state index in [4.69, 9.17) is 9.47 Å². The third-order valence-corrected chi connectivity index (χ3v) is 6.17. The Morgan fingerprint density at radius 3 is 2.17 bits per heavy atom. The number of carbonyl (C=O) groups excluding carboxylic acids is 1. The molecule has 0 saturated carbocycles. The number of halogens is 1. The van der Waals surface area contributed by atoms with Crippen molar-refractivity contribution >= 4 is 38.6 Å². The topological polar surface area (TPSA) is 77.8 Å². The van der Waals surface area contributed by atoms with Gasteiger partial charge in [0.2, 0.25) is 0 Å². The minimum Gasteiger partial charge on any atom is -0.493 e. The molecule has 3 aromatic rings. The molecule has 0 aliphatic rings. The maximum Gasteiger partial charge on any atom is 0.353 e. The monoisotopic (exact) mass is 543 g/mol. The summed E-state index contributed by atoms with van der Waals surface area (Å²) in [7, 11) is 0. The lowest BCUT2D eigenvalue weighted by Gasteiger charge is -2.15. The number of benzene rings is 2. The summed E-state index contributed by atoms with van der Waals surface area (Å²) in [6.45, 7) is 13.9. The highest BCUT2D eigenvalue weighted by Gasteiger charge is 2.24. The molecule has 0 aliphatic heterocycles. The number of carboxylic acid groups (broad SMARTS) is 1. The molecule has 0 saturated heterocycles. The van der Waals surface area contributed by atoms with Crippen LogP contribution in [0.25, 0.3) is 10.9 Å². The number of aromatic nitrogens is 1. The normalized spacial score (nSPS) is 11.6. The summed E-state index contributed by atoms with van der Waals surface area (Å²) >= 11 is 3.47. The number of rotatable bonds is 11. The molecule has 1 aromatic heterocycles. The molecular weight excluding hydrogens is 510 g/mol. The number of nitrogens with zero attached hydrogens (tertiary/aromatic N) is 1. The Morgan fingerprint density at radius 1 is 0.914 bits per heavy atom. The molecule has 0 fully saturated rings. The highest BCUT2D eigenvalue weighted by Crippen LogP contribution is 2.34. The van der Waals surface area contributed by atoms with E-state index in [2.05, 4.69) is 29.8 Å². The van der Waals surface area contributed by atoms with Crippen LogP contribution in [0.2, 0.25) is 0 Å². The smallest absolute Gasteiger partial charge is 0.353 e. The van der Waals surface area contributed by atoms with Gasteiger partial charge >= 0.3 is 5.97 Å². The summed E-state index contributed by atoms with van der Waals surface area (Å²) in [6, 6.07) is 10.6. The van der Waals surface area contributed by atoms with Crippen LogP contribution in [-0.4, -0.2) is 34.6 Å². The van der Waals surface area contributed by atoms with E-state index >= 15 is 0 Å². The zero-order valence-electron chi connectivity index (χ0n) is 21.2. The van der Waals surface area contributed by atoms with Crippen LogP contribution in [0, 0.1) is 17.8 Å². The number of hydrogen-bond acceptors (Lipinski definition) is 4. The van der Waals surface area contributed by atoms with Crippen LogP contribution >= 0.6 is 15.9 Å². The van der Waals surface area contributed by atoms with E-state index in [0.717, 1.165) is 5.52 Å². The summed E-state index contributed by atoms with van der Waals surface area (Å²) in [5.41, 5.74) is 1.86. The number of fused-ring (bicyclic) bond motifs is 1. The van der Waals surface area contributed by atoms with E-state index in [0.29, 0.717) is 64.1 Å². The van der Waals surface area contributed by atoms with Gasteiger partial charge in [-0.2, -0.15) is 0 Å². The number of carboxylic acids is 1. The van der Waals surface area contributed by atoms with Crippen molar-refractivity contribution in [2.45, 2.75) is 48.1 Å². The predicted octanol–water partition coefficient (Wildman–Crippen LogP) is 7.06. The molecule has 0 bridgehead atoms. The van der Waals surface area contributed by atoms with Gasteiger partial charge in [-0.1, -0.05) is 41.5 Å². The van der Waals surface area contributed by atoms with Crippen LogP contribution < -0.4 is 9.47 Å². The number of hydrogen-bond donors (Lipinski definition) is 1. The number of aromatic carboxylic acids is 1. The molecule has 6 nitrogen and oxygen atoms in total. The average molecular weight is 544 g/mol. The summed E-state index contributed by atoms with van der Waals surface area (Å²) in [5, 5.41) is 10.5. The lowest BCUT2D eigenvalue weighted by atomic mass is 10.0. The molecule has 0 spiro atoms. The Labute approximate surface area is 215 Å². The van der Waals surface area contributed by atoms with Crippen LogP contribution in [-0.2, 0) is 6.54 Å². The minimum atomic E-state index is -1.01. The average Bonchev–Trinajstić information content (AvgIpc) is 3.06. The Morgan fingerprint density at radius 2 is 1.57 bits per heavy atom. The van der Waals surface area contributed by atoms with Gasteiger partial charge in [0.1, 0.15) is 17.2 Å². The van der Waals surface area contributed by atoms with Gasteiger partial charge in [0.25, 0.3) is 0 Å². The van der Waals surface area contributed by atoms with Crippen molar-refractivity contribution in [1.82, 2.24) is 4.57 Å². The molecule has 3 rings (SSSR count). The third-order valence-electron chi connectivity index (χ3n) is 5.37. The summed E-state index contributed by atoms with van der Waals surface area (Å²) in [4.78, 5) is 25.6. The van der Waals surface area contributed by atoms with E-state index < -0.39 is 5.97 Å². The predicted molar refractivity (Wildman–Crippen MR) is 142 cm³/mol. The van der Waals surface area contributed by atoms with E-state index in [-0.39, 0.29) is 17.4 Å². The molecule has 0 unspecified atom stereocenters. The van der Waals surface area contributed by atoms with Crippen molar-refractivity contribution in [3.63, 3.8) is 0 Å². The van der Waals surface area contributed by atoms with Crippen molar-refractivity contribution in [1.29, 1.82) is 0 Å². The van der Waals surface area contributed by atoms with Crippen LogP contribution in [0.5, 0.6) is 11.5 Å². The first-order valence-corrected chi connectivity index (χ1v) is 12.8. The number of ether oxygens (including phenoxy) is 2. The second kappa shape index (κ2) is 11.3. The second-order valence-electron chi connectivity index (χ2n) is 10.1. The van der Waals surface area contributed by atoms with E-state index in [1.165, 1.54) is 0 Å². The van der Waals surface area contributed by atoms with Gasteiger partial charge in [0, 0.05) is 29.1 Å². The van der Waals surface area contributed by atoms with Gasteiger partial charge < -0.3 is 19.1 Å². The van der Waals surface area contributed by atoms with Gasteiger partial charge in [0.15, 0.2) is 5.78 Å². The van der Waals surface area contributed by atoms with Gasteiger partial charge in [-0.25, -0.2) is 4.79 Å². The van der Waals surface area contributed by atoms with Crippen LogP contribution in [0.3, 0.4) is 0 Å². The Bertz CT molecular complexity index is 1230. The zero-order valence-corrected chi connectivity index (χ0v) is 22.8. The van der Waals surface area contributed by atoms with Crippen molar-refractivity contribution in [3.05, 3.63) is 57.7 Å². The molecule has 35 heavy (non-hydrogen) atoms. The van der Waals surface area contributed by atoms with E-state index in [1.807, 2.05) is 33.8 Å². The maximum atomic E-state index is 13.6. The van der Waals surface area contributed by atoms with Gasteiger partial charge in [-0.05, 0) is 64.0 Å². The van der Waals surface area contributed by atoms with Crippen LogP contribution in [0.1, 0.15) is 68.0 Å². The first kappa shape index (κ1) is 26.8. The summed E-state index contributed by atoms with van der Waals surface area (Å²) in [6.07, 6.45) is 0. The van der Waals surface area contributed by atoms with Gasteiger partial charge in [-0.3, -0.25) is 4.79 Å². The highest BCUT2D eigenvalue weighted by atomic mass is 79.9. The third kappa shape index (κ3) is 6.26. The molecule has 0 amide bonds. The Balaban J connectivity index is 2.05. The lowest BCUT2D eigenvalue weighted by molar-refractivity contribution is 0.0683. The standard InChI is InChI=1S/C28H34BrNO5/c1-16(2)13-30-23-10-7-19(11-22(23)25(29)26(30)28(32)33)27(31)21-9-8-20(34-14-17(3)4)12-24(21)35-15-18(5)6/h7-12,16-18H,13-15H2,1-6H3,(H,32,33). The second-order valence-corrected chi connectivity index (χ2v) is 10.9. The first-order chi connectivity index (χ1) is 16.5. The molecular formula is C28H34BrNO5. The largest absolute Gasteiger partial charge is 0.493 e. The lowest BCUT2D eigenvalue weighted by Crippen LogP contribution is -2.12. The van der Waals surface area contributed by atoms with Gasteiger partial charge in [0.05, 0.1) is 23.2 Å². The van der Waals surface area contributed by atoms with Crippen molar-refractivity contribution in [2.75, 3.05) is 13.2 Å². The molecule has 2 aromatic carbocycles. The molecule has 7 heteroatoms. The Hall–Kier alpha value is -2.80. The fourth-order valence-corrected chi connectivity index (χ4v) is 4.49. The first-order valence-electron chi connectivity index (χ1n) is 12.0. The van der Waals surface area contributed by atoms with Gasteiger partial charge in [-0.15, -0.1) is 0 Å². The van der Waals surface area contributed by atoms with Crippen LogP contribution in [0.15, 0.2) is 40.9 Å². The van der Waals surface area contributed by atoms with E-state index in [1.54, 1.807) is 34.9 Å². The molecule has 1 heterocycles. The maximum absolute atomic E-state index is 13.6. The summed E-state index contributed by atoms with van der Waals surface area (Å²) < 4.78 is 14.1. The molecule has 188 valence electrons. The fourth-order valence-electron chi connectivity index (χ4n) is 3.79. The molecule has 1 N–H and O–H groups in total. The van der Waals surface area contributed by atoms with Crippen LogP contribution in [0.4, 0.5) is 0 Å². The molecule has 0 atom stereocenters.